The van der Waals surface area contributed by atoms with Gasteiger partial charge in [0.05, 0.1) is 49.9 Å². The van der Waals surface area contributed by atoms with Crippen LogP contribution in [0.5, 0.6) is 0 Å². The topological polar surface area (TPSA) is 91.4 Å². The predicted octanol–water partition coefficient (Wildman–Crippen LogP) is 3.87. The number of nitrogens with one attached hydrogen (secondary N) is 1. The van der Waals surface area contributed by atoms with Crippen LogP contribution in [0.25, 0.3) is 11.3 Å². The molecule has 0 bridgehead atoms. The van der Waals surface area contributed by atoms with Gasteiger partial charge in [-0.05, 0) is 25.0 Å². The van der Waals surface area contributed by atoms with Crippen molar-refractivity contribution in [2.75, 3.05) is 19.8 Å². The van der Waals surface area contributed by atoms with E-state index in [0.29, 0.717) is 37.6 Å². The summed E-state index contributed by atoms with van der Waals surface area (Å²) in [5.74, 6) is -1.72. The number of nitrogens with zero attached hydrogens (tertiary/aromatic N) is 3. The highest BCUT2D eigenvalue weighted by atomic mass is 19.4. The number of halogens is 3. The molecular formula is C24H25F3N4O4. The predicted molar refractivity (Wildman–Crippen MR) is 118 cm³/mol. The lowest BCUT2D eigenvalue weighted by Crippen LogP contribution is -2.32. The molecule has 8 nitrogen and oxygen atoms in total. The fourth-order valence-corrected chi connectivity index (χ4v) is 4.58. The number of pyridine rings is 1. The number of aryl methyl sites for hydroxylation is 1. The average Bonchev–Trinajstić information content (AvgIpc) is 3.40. The van der Waals surface area contributed by atoms with E-state index in [-0.39, 0.29) is 42.0 Å². The third-order valence-electron chi connectivity index (χ3n) is 6.17. The van der Waals surface area contributed by atoms with E-state index >= 15 is 0 Å². The zero-order valence-electron chi connectivity index (χ0n) is 19.3. The van der Waals surface area contributed by atoms with Crippen molar-refractivity contribution < 1.29 is 31.9 Å². The molecule has 0 saturated carbocycles. The van der Waals surface area contributed by atoms with E-state index in [0.717, 1.165) is 5.69 Å². The standard InChI is InChI=1S/C24H25F3N4O4/c1-13-8-18-19(21-17(13)11-31(30-21)10-16-12-33-6-7-34-16)20(24(25,26)27)22(35-18)23(32)28-9-15-5-3-4-14(2)29-15/h3-5,11,13,16H,6-10,12H2,1-2H3,(H,28,32)/t13-,16-/m0/s1. The molecular weight excluding hydrogens is 465 g/mol. The van der Waals surface area contributed by atoms with E-state index in [1.807, 2.05) is 6.92 Å². The smallest absolute Gasteiger partial charge is 0.420 e. The van der Waals surface area contributed by atoms with Gasteiger partial charge in [-0.3, -0.25) is 14.5 Å². The molecule has 1 N–H and O–H groups in total. The molecule has 35 heavy (non-hydrogen) atoms. The van der Waals surface area contributed by atoms with Gasteiger partial charge < -0.3 is 19.2 Å². The number of furan rings is 1. The lowest BCUT2D eigenvalue weighted by Gasteiger charge is -2.22. The quantitative estimate of drug-likeness (QED) is 0.584. The summed E-state index contributed by atoms with van der Waals surface area (Å²) in [6.07, 6.45) is -3.07. The fraction of sp³-hybridized carbons (Fsp3) is 0.458. The average molecular weight is 490 g/mol. The van der Waals surface area contributed by atoms with Gasteiger partial charge in [0.25, 0.3) is 5.91 Å². The minimum atomic E-state index is -4.81. The summed E-state index contributed by atoms with van der Waals surface area (Å²) < 4.78 is 61.1. The molecule has 0 radical (unpaired) electrons. The van der Waals surface area contributed by atoms with Gasteiger partial charge >= 0.3 is 6.18 Å². The van der Waals surface area contributed by atoms with Gasteiger partial charge in [-0.25, -0.2) is 0 Å². The molecule has 3 aromatic heterocycles. The number of hydrogen-bond acceptors (Lipinski definition) is 6. The van der Waals surface area contributed by atoms with Crippen molar-refractivity contribution >= 4 is 5.91 Å². The van der Waals surface area contributed by atoms with Gasteiger partial charge in [0.1, 0.15) is 17.4 Å². The Morgan fingerprint density at radius 3 is 2.83 bits per heavy atom. The SMILES string of the molecule is Cc1cccc(CNC(=O)c2oc3c(c2C(F)(F)F)-c2nn(C[C@H]4COCCO4)cc2[C@@H](C)C3)n1. The number of rotatable bonds is 5. The summed E-state index contributed by atoms with van der Waals surface area (Å²) >= 11 is 0. The van der Waals surface area contributed by atoms with Crippen LogP contribution in [-0.4, -0.2) is 46.6 Å². The van der Waals surface area contributed by atoms with Crippen molar-refractivity contribution in [1.82, 2.24) is 20.1 Å². The van der Waals surface area contributed by atoms with Gasteiger partial charge in [-0.15, -0.1) is 0 Å². The molecule has 0 unspecified atom stereocenters. The number of alkyl halides is 3. The Morgan fingerprint density at radius 1 is 1.29 bits per heavy atom. The van der Waals surface area contributed by atoms with Crippen molar-refractivity contribution in [2.45, 2.75) is 51.6 Å². The van der Waals surface area contributed by atoms with Crippen molar-refractivity contribution in [3.05, 3.63) is 58.4 Å². The minimum Gasteiger partial charge on any atom is -0.455 e. The lowest BCUT2D eigenvalue weighted by atomic mass is 9.86. The van der Waals surface area contributed by atoms with E-state index in [4.69, 9.17) is 13.9 Å². The summed E-state index contributed by atoms with van der Waals surface area (Å²) in [6.45, 7) is 5.38. The second-order valence-corrected chi connectivity index (χ2v) is 8.88. The van der Waals surface area contributed by atoms with Crippen LogP contribution < -0.4 is 5.32 Å². The molecule has 1 fully saturated rings. The van der Waals surface area contributed by atoms with Crippen LogP contribution in [0.15, 0.2) is 28.8 Å². The molecule has 2 atom stereocenters. The first-order valence-electron chi connectivity index (χ1n) is 11.4. The van der Waals surface area contributed by atoms with Gasteiger partial charge in [0.2, 0.25) is 5.76 Å². The Labute approximate surface area is 199 Å². The van der Waals surface area contributed by atoms with E-state index in [1.54, 1.807) is 36.0 Å². The molecule has 186 valence electrons. The number of aromatic nitrogens is 3. The lowest BCUT2D eigenvalue weighted by molar-refractivity contribution is -0.137. The van der Waals surface area contributed by atoms with Crippen LogP contribution in [0.4, 0.5) is 13.2 Å². The molecule has 2 aliphatic rings. The highest BCUT2D eigenvalue weighted by Gasteiger charge is 2.46. The van der Waals surface area contributed by atoms with Crippen molar-refractivity contribution in [3.63, 3.8) is 0 Å². The zero-order valence-corrected chi connectivity index (χ0v) is 19.3. The van der Waals surface area contributed by atoms with Gasteiger partial charge in [-0.2, -0.15) is 18.3 Å². The Balaban J connectivity index is 1.48. The molecule has 1 saturated heterocycles. The maximum atomic E-state index is 14.3. The molecule has 5 rings (SSSR count). The largest absolute Gasteiger partial charge is 0.455 e. The van der Waals surface area contributed by atoms with Crippen LogP contribution >= 0.6 is 0 Å². The molecule has 1 aliphatic heterocycles. The third kappa shape index (κ3) is 4.70. The number of carbonyl (C=O) groups excluding carboxylic acids is 1. The summed E-state index contributed by atoms with van der Waals surface area (Å²) in [5, 5.41) is 6.97. The Morgan fingerprint density at radius 2 is 2.11 bits per heavy atom. The maximum absolute atomic E-state index is 14.3. The fourth-order valence-electron chi connectivity index (χ4n) is 4.58. The van der Waals surface area contributed by atoms with Gasteiger partial charge in [-0.1, -0.05) is 13.0 Å². The number of amides is 1. The van der Waals surface area contributed by atoms with Gasteiger partial charge in [0.15, 0.2) is 0 Å². The number of hydrogen-bond donors (Lipinski definition) is 1. The first kappa shape index (κ1) is 23.6. The molecule has 3 aromatic rings. The molecule has 0 spiro atoms. The second kappa shape index (κ2) is 9.12. The van der Waals surface area contributed by atoms with Crippen LogP contribution in [-0.2, 0) is 35.2 Å². The first-order valence-corrected chi connectivity index (χ1v) is 11.4. The first-order chi connectivity index (χ1) is 16.7. The van der Waals surface area contributed by atoms with E-state index < -0.39 is 23.4 Å². The zero-order chi connectivity index (χ0) is 24.7. The highest BCUT2D eigenvalue weighted by molar-refractivity contribution is 5.96. The second-order valence-electron chi connectivity index (χ2n) is 8.88. The molecule has 11 heteroatoms. The maximum Gasteiger partial charge on any atom is 0.420 e. The Bertz CT molecular complexity index is 1240. The molecule has 1 aliphatic carbocycles. The summed E-state index contributed by atoms with van der Waals surface area (Å²) in [5.41, 5.74) is 0.875. The van der Waals surface area contributed by atoms with E-state index in [9.17, 15) is 18.0 Å². The molecule has 0 aromatic carbocycles. The third-order valence-corrected chi connectivity index (χ3v) is 6.17. The number of carbonyl (C=O) groups is 1. The molecule has 1 amide bonds. The van der Waals surface area contributed by atoms with E-state index in [1.165, 1.54) is 0 Å². The molecule has 4 heterocycles. The van der Waals surface area contributed by atoms with Crippen LogP contribution in [0.1, 0.15) is 51.7 Å². The highest BCUT2D eigenvalue weighted by Crippen LogP contribution is 2.48. The number of ether oxygens (including phenoxy) is 2. The summed E-state index contributed by atoms with van der Waals surface area (Å²) in [4.78, 5) is 17.1. The van der Waals surface area contributed by atoms with Crippen LogP contribution in [0, 0.1) is 6.92 Å². The van der Waals surface area contributed by atoms with Crippen molar-refractivity contribution in [2.24, 2.45) is 0 Å². The Hall–Kier alpha value is -3.18. The van der Waals surface area contributed by atoms with E-state index in [2.05, 4.69) is 15.4 Å². The van der Waals surface area contributed by atoms with Crippen molar-refractivity contribution in [1.29, 1.82) is 0 Å². The monoisotopic (exact) mass is 490 g/mol. The summed E-state index contributed by atoms with van der Waals surface area (Å²) in [7, 11) is 0. The van der Waals surface area contributed by atoms with Crippen LogP contribution in [0.3, 0.4) is 0 Å². The van der Waals surface area contributed by atoms with Crippen molar-refractivity contribution in [3.8, 4) is 11.3 Å². The number of fused-ring (bicyclic) bond motifs is 3. The van der Waals surface area contributed by atoms with Crippen LogP contribution in [0.2, 0.25) is 0 Å². The van der Waals surface area contributed by atoms with Gasteiger partial charge in [0, 0.05) is 23.9 Å². The minimum absolute atomic E-state index is 0.0249. The normalized spacial score (nSPS) is 19.8. The Kier molecular flexibility index (Phi) is 6.14. The summed E-state index contributed by atoms with van der Waals surface area (Å²) in [6, 6.07) is 5.24.